The molecule has 9 heteroatoms. The van der Waals surface area contributed by atoms with Crippen molar-refractivity contribution in [2.45, 2.75) is 44.7 Å². The second-order valence-electron chi connectivity index (χ2n) is 7.99. The van der Waals surface area contributed by atoms with Crippen LogP contribution >= 0.6 is 0 Å². The third kappa shape index (κ3) is 5.10. The Morgan fingerprint density at radius 2 is 1.65 bits per heavy atom. The van der Waals surface area contributed by atoms with Gasteiger partial charge in [-0.3, -0.25) is 4.79 Å². The van der Waals surface area contributed by atoms with Gasteiger partial charge in [-0.15, -0.1) is 0 Å². The van der Waals surface area contributed by atoms with Crippen molar-refractivity contribution >= 4 is 21.6 Å². The van der Waals surface area contributed by atoms with E-state index in [1.807, 2.05) is 19.1 Å². The van der Waals surface area contributed by atoms with E-state index >= 15 is 0 Å². The Morgan fingerprint density at radius 1 is 1.06 bits per heavy atom. The zero-order valence-corrected chi connectivity index (χ0v) is 18.4. The minimum absolute atomic E-state index is 0.0293. The molecule has 0 saturated carbocycles. The summed E-state index contributed by atoms with van der Waals surface area (Å²) in [6.07, 6.45) is -3.42. The number of amides is 1. The van der Waals surface area contributed by atoms with Crippen LogP contribution < -0.4 is 5.32 Å². The molecule has 168 valence electrons. The average Bonchev–Trinajstić information content (AvgIpc) is 2.66. The summed E-state index contributed by atoms with van der Waals surface area (Å²) in [4.78, 5) is 12.9. The maximum absolute atomic E-state index is 13.3. The molecule has 0 spiro atoms. The van der Waals surface area contributed by atoms with Gasteiger partial charge >= 0.3 is 6.18 Å². The number of carbonyl (C=O) groups is 1. The van der Waals surface area contributed by atoms with Crippen molar-refractivity contribution in [3.63, 3.8) is 0 Å². The van der Waals surface area contributed by atoms with Gasteiger partial charge in [-0.25, -0.2) is 8.42 Å². The molecule has 0 bridgehead atoms. The number of rotatable bonds is 4. The lowest BCUT2D eigenvalue weighted by Gasteiger charge is -2.32. The van der Waals surface area contributed by atoms with Gasteiger partial charge in [0.2, 0.25) is 15.9 Å². The van der Waals surface area contributed by atoms with Crippen LogP contribution in [0.3, 0.4) is 0 Å². The molecule has 5 nitrogen and oxygen atoms in total. The van der Waals surface area contributed by atoms with Crippen LogP contribution in [0.1, 0.15) is 35.1 Å². The molecule has 0 unspecified atom stereocenters. The Hall–Kier alpha value is -2.39. The number of benzene rings is 2. The van der Waals surface area contributed by atoms with E-state index in [0.29, 0.717) is 30.5 Å². The van der Waals surface area contributed by atoms with E-state index in [1.54, 1.807) is 13.8 Å². The molecule has 1 aliphatic heterocycles. The van der Waals surface area contributed by atoms with E-state index in [1.165, 1.54) is 16.4 Å². The maximum atomic E-state index is 13.3. The molecule has 3 rings (SSSR count). The molecular formula is C22H25F3N2O3S. The third-order valence-electron chi connectivity index (χ3n) is 5.44. The van der Waals surface area contributed by atoms with Crippen LogP contribution in [0.15, 0.2) is 41.3 Å². The van der Waals surface area contributed by atoms with E-state index in [-0.39, 0.29) is 17.1 Å². The molecule has 2 aromatic rings. The summed E-state index contributed by atoms with van der Waals surface area (Å²) in [6, 6.07) is 7.82. The molecule has 0 aromatic heterocycles. The number of anilines is 1. The van der Waals surface area contributed by atoms with Crippen LogP contribution in [-0.4, -0.2) is 31.7 Å². The Labute approximate surface area is 180 Å². The summed E-state index contributed by atoms with van der Waals surface area (Å²) in [5, 5.41) is 2.60. The molecule has 0 radical (unpaired) electrons. The molecule has 2 aromatic carbocycles. The van der Waals surface area contributed by atoms with Gasteiger partial charge in [0.15, 0.2) is 0 Å². The Bertz CT molecular complexity index is 1060. The number of hydrogen-bond donors (Lipinski definition) is 1. The van der Waals surface area contributed by atoms with Crippen LogP contribution in [0, 0.1) is 26.7 Å². The lowest BCUT2D eigenvalue weighted by atomic mass is 9.98. The van der Waals surface area contributed by atoms with Crippen LogP contribution in [-0.2, 0) is 21.0 Å². The van der Waals surface area contributed by atoms with Crippen molar-refractivity contribution in [3.05, 3.63) is 58.7 Å². The zero-order valence-electron chi connectivity index (χ0n) is 17.6. The van der Waals surface area contributed by atoms with Gasteiger partial charge in [-0.2, -0.15) is 17.5 Å². The van der Waals surface area contributed by atoms with E-state index in [4.69, 9.17) is 0 Å². The first-order valence-corrected chi connectivity index (χ1v) is 11.4. The molecule has 1 aliphatic rings. The summed E-state index contributed by atoms with van der Waals surface area (Å²) in [7, 11) is -3.77. The van der Waals surface area contributed by atoms with Crippen LogP contribution in [0.5, 0.6) is 0 Å². The second kappa shape index (κ2) is 8.63. The fraction of sp³-hybridized carbons (Fsp3) is 0.409. The maximum Gasteiger partial charge on any atom is 0.416 e. The lowest BCUT2D eigenvalue weighted by molar-refractivity contribution is -0.137. The largest absolute Gasteiger partial charge is 0.416 e. The summed E-state index contributed by atoms with van der Waals surface area (Å²) in [5.74, 6) is -0.992. The normalized spacial score (nSPS) is 18.1. The van der Waals surface area contributed by atoms with E-state index < -0.39 is 33.6 Å². The highest BCUT2D eigenvalue weighted by molar-refractivity contribution is 7.89. The van der Waals surface area contributed by atoms with Crippen LogP contribution in [0.25, 0.3) is 0 Å². The van der Waals surface area contributed by atoms with Crippen molar-refractivity contribution in [2.75, 3.05) is 18.4 Å². The SMILES string of the molecule is Cc1cc(C)c(S(=O)(=O)N2CCC[C@H](C(=O)Nc3ccc(C(F)(F)F)cc3)C2)c(C)c1. The number of hydrogen-bond acceptors (Lipinski definition) is 3. The molecule has 1 amide bonds. The molecular weight excluding hydrogens is 429 g/mol. The third-order valence-corrected chi connectivity index (χ3v) is 7.61. The Kier molecular flexibility index (Phi) is 6.48. The van der Waals surface area contributed by atoms with Gasteiger partial charge in [0, 0.05) is 18.8 Å². The first-order valence-electron chi connectivity index (χ1n) is 9.95. The Balaban J connectivity index is 1.75. The first kappa shape index (κ1) is 23.3. The van der Waals surface area contributed by atoms with Crippen molar-refractivity contribution in [1.82, 2.24) is 4.31 Å². The number of nitrogens with one attached hydrogen (secondary N) is 1. The fourth-order valence-electron chi connectivity index (χ4n) is 4.06. The number of nitrogens with zero attached hydrogens (tertiary/aromatic N) is 1. The number of halogens is 3. The first-order chi connectivity index (χ1) is 14.4. The molecule has 1 saturated heterocycles. The van der Waals surface area contributed by atoms with Crippen molar-refractivity contribution in [2.24, 2.45) is 5.92 Å². The van der Waals surface area contributed by atoms with E-state index in [9.17, 15) is 26.4 Å². The highest BCUT2D eigenvalue weighted by atomic mass is 32.2. The predicted octanol–water partition coefficient (Wildman–Crippen LogP) is 4.67. The lowest BCUT2D eigenvalue weighted by Crippen LogP contribution is -2.44. The molecule has 1 N–H and O–H groups in total. The average molecular weight is 455 g/mol. The van der Waals surface area contributed by atoms with Crippen molar-refractivity contribution < 1.29 is 26.4 Å². The van der Waals surface area contributed by atoms with Gasteiger partial charge in [0.05, 0.1) is 16.4 Å². The molecule has 1 atom stereocenters. The minimum Gasteiger partial charge on any atom is -0.326 e. The predicted molar refractivity (Wildman–Crippen MR) is 112 cm³/mol. The van der Waals surface area contributed by atoms with Crippen LogP contribution in [0.2, 0.25) is 0 Å². The van der Waals surface area contributed by atoms with Crippen molar-refractivity contribution in [1.29, 1.82) is 0 Å². The monoisotopic (exact) mass is 454 g/mol. The standard InChI is InChI=1S/C22H25F3N2O3S/c1-14-11-15(2)20(16(3)12-14)31(29,30)27-10-4-5-17(13-27)21(28)26-19-8-6-18(7-9-19)22(23,24)25/h6-9,11-12,17H,4-5,10,13H2,1-3H3,(H,26,28)/t17-/m0/s1. The fourth-order valence-corrected chi connectivity index (χ4v) is 6.00. The molecule has 31 heavy (non-hydrogen) atoms. The molecule has 1 fully saturated rings. The summed E-state index contributed by atoms with van der Waals surface area (Å²) < 4.78 is 66.0. The summed E-state index contributed by atoms with van der Waals surface area (Å²) in [5.41, 5.74) is 1.73. The second-order valence-corrected chi connectivity index (χ2v) is 9.87. The van der Waals surface area contributed by atoms with Gasteiger partial charge in [0.1, 0.15) is 0 Å². The number of sulfonamides is 1. The summed E-state index contributed by atoms with van der Waals surface area (Å²) in [6.45, 7) is 5.76. The van der Waals surface area contributed by atoms with Gasteiger partial charge < -0.3 is 5.32 Å². The van der Waals surface area contributed by atoms with Gasteiger partial charge in [-0.05, 0) is 69.0 Å². The molecule has 0 aliphatic carbocycles. The minimum atomic E-state index is -4.45. The van der Waals surface area contributed by atoms with E-state index in [2.05, 4.69) is 5.32 Å². The molecule has 1 heterocycles. The Morgan fingerprint density at radius 3 is 2.19 bits per heavy atom. The number of aryl methyl sites for hydroxylation is 3. The number of piperidine rings is 1. The highest BCUT2D eigenvalue weighted by Gasteiger charge is 2.35. The van der Waals surface area contributed by atoms with Crippen LogP contribution in [0.4, 0.5) is 18.9 Å². The van der Waals surface area contributed by atoms with E-state index in [0.717, 1.165) is 17.7 Å². The highest BCUT2D eigenvalue weighted by Crippen LogP contribution is 2.31. The van der Waals surface area contributed by atoms with Gasteiger partial charge in [-0.1, -0.05) is 17.7 Å². The smallest absolute Gasteiger partial charge is 0.326 e. The summed E-state index contributed by atoms with van der Waals surface area (Å²) >= 11 is 0. The van der Waals surface area contributed by atoms with Crippen molar-refractivity contribution in [3.8, 4) is 0 Å². The van der Waals surface area contributed by atoms with Gasteiger partial charge in [0.25, 0.3) is 0 Å². The number of alkyl halides is 3. The quantitative estimate of drug-likeness (QED) is 0.730. The topological polar surface area (TPSA) is 66.5 Å². The number of carbonyl (C=O) groups excluding carboxylic acids is 1. The zero-order chi connectivity index (χ0) is 23.0.